The van der Waals surface area contributed by atoms with Gasteiger partial charge in [0.25, 0.3) is 5.91 Å². The molecule has 0 saturated carbocycles. The number of nitrogens with zero attached hydrogens (tertiary/aromatic N) is 1. The van der Waals surface area contributed by atoms with Crippen molar-refractivity contribution in [1.82, 2.24) is 4.90 Å². The van der Waals surface area contributed by atoms with Crippen LogP contribution in [0.25, 0.3) is 0 Å². The molecule has 2 rings (SSSR count). The van der Waals surface area contributed by atoms with Crippen molar-refractivity contribution in [2.24, 2.45) is 0 Å². The Morgan fingerprint density at radius 1 is 1.20 bits per heavy atom. The molecule has 0 aromatic heterocycles. The van der Waals surface area contributed by atoms with Crippen LogP contribution >= 0.6 is 23.2 Å². The molecule has 0 heterocycles. The molecule has 0 aliphatic rings. The van der Waals surface area contributed by atoms with Gasteiger partial charge in [-0.15, -0.1) is 0 Å². The van der Waals surface area contributed by atoms with E-state index in [-0.39, 0.29) is 16.6 Å². The number of nitrogens with two attached hydrogens (primary N) is 1. The van der Waals surface area contributed by atoms with Crippen LogP contribution in [0.2, 0.25) is 10.0 Å². The van der Waals surface area contributed by atoms with Gasteiger partial charge in [-0.05, 0) is 17.7 Å². The Morgan fingerprint density at radius 2 is 1.85 bits per heavy atom. The molecule has 0 aliphatic heterocycles. The van der Waals surface area contributed by atoms with Gasteiger partial charge in [-0.2, -0.15) is 0 Å². The van der Waals surface area contributed by atoms with E-state index in [0.717, 1.165) is 5.56 Å². The van der Waals surface area contributed by atoms with E-state index in [0.29, 0.717) is 17.1 Å². The summed E-state index contributed by atoms with van der Waals surface area (Å²) in [5, 5.41) is 0.676. The van der Waals surface area contributed by atoms with Crippen LogP contribution in [-0.4, -0.2) is 17.9 Å². The zero-order valence-corrected chi connectivity index (χ0v) is 12.4. The molecular weight excluding hydrogens is 295 g/mol. The topological polar surface area (TPSA) is 46.3 Å². The van der Waals surface area contributed by atoms with Crippen molar-refractivity contribution in [2.75, 3.05) is 12.8 Å². The third kappa shape index (κ3) is 3.24. The van der Waals surface area contributed by atoms with Crippen molar-refractivity contribution in [1.29, 1.82) is 0 Å². The molecule has 0 saturated heterocycles. The normalized spacial score (nSPS) is 10.3. The minimum Gasteiger partial charge on any atom is -0.397 e. The second-order valence-corrected chi connectivity index (χ2v) is 5.34. The van der Waals surface area contributed by atoms with Gasteiger partial charge in [-0.1, -0.05) is 53.5 Å². The summed E-state index contributed by atoms with van der Waals surface area (Å²) < 4.78 is 0. The van der Waals surface area contributed by atoms with E-state index >= 15 is 0 Å². The predicted octanol–water partition coefficient (Wildman–Crippen LogP) is 3.85. The fraction of sp³-hybridized carbons (Fsp3) is 0.133. The van der Waals surface area contributed by atoms with Crippen molar-refractivity contribution >= 4 is 34.8 Å². The van der Waals surface area contributed by atoms with Crippen LogP contribution in [0.4, 0.5) is 5.69 Å². The first-order valence-corrected chi connectivity index (χ1v) is 6.78. The van der Waals surface area contributed by atoms with Crippen LogP contribution in [0.1, 0.15) is 15.9 Å². The molecule has 20 heavy (non-hydrogen) atoms. The predicted molar refractivity (Wildman–Crippen MR) is 83.1 cm³/mol. The zero-order chi connectivity index (χ0) is 14.7. The number of hydrogen-bond donors (Lipinski definition) is 1. The highest BCUT2D eigenvalue weighted by Gasteiger charge is 2.17. The Kier molecular flexibility index (Phi) is 4.53. The van der Waals surface area contributed by atoms with Crippen molar-refractivity contribution < 1.29 is 4.79 Å². The molecule has 104 valence electrons. The number of halogens is 2. The monoisotopic (exact) mass is 308 g/mol. The summed E-state index contributed by atoms with van der Waals surface area (Å²) in [5.41, 5.74) is 7.45. The molecule has 1 amide bonds. The average Bonchev–Trinajstić information content (AvgIpc) is 2.43. The largest absolute Gasteiger partial charge is 0.397 e. The Balaban J connectivity index is 2.23. The molecule has 0 spiro atoms. The van der Waals surface area contributed by atoms with Crippen LogP contribution in [0, 0.1) is 0 Å². The summed E-state index contributed by atoms with van der Waals surface area (Å²) >= 11 is 11.9. The van der Waals surface area contributed by atoms with Crippen LogP contribution in [-0.2, 0) is 6.54 Å². The molecule has 2 aromatic rings. The highest BCUT2D eigenvalue weighted by molar-refractivity contribution is 6.37. The zero-order valence-electron chi connectivity index (χ0n) is 10.9. The second-order valence-electron chi connectivity index (χ2n) is 4.50. The molecule has 5 heteroatoms. The van der Waals surface area contributed by atoms with E-state index in [2.05, 4.69) is 0 Å². The van der Waals surface area contributed by atoms with E-state index in [1.165, 1.54) is 12.1 Å². The van der Waals surface area contributed by atoms with Gasteiger partial charge in [-0.3, -0.25) is 4.79 Å². The average molecular weight is 309 g/mol. The molecule has 0 radical (unpaired) electrons. The number of hydrogen-bond acceptors (Lipinski definition) is 2. The molecule has 3 nitrogen and oxygen atoms in total. The Hall–Kier alpha value is -1.71. The summed E-state index contributed by atoms with van der Waals surface area (Å²) in [4.78, 5) is 14.0. The molecule has 0 fully saturated rings. The number of carbonyl (C=O) groups is 1. The molecule has 0 atom stereocenters. The Labute approximate surface area is 127 Å². The maximum Gasteiger partial charge on any atom is 0.256 e. The van der Waals surface area contributed by atoms with Crippen molar-refractivity contribution in [3.05, 3.63) is 63.6 Å². The van der Waals surface area contributed by atoms with Crippen LogP contribution in [0.5, 0.6) is 0 Å². The number of rotatable bonds is 3. The summed E-state index contributed by atoms with van der Waals surface area (Å²) in [6.07, 6.45) is 0. The van der Waals surface area contributed by atoms with E-state index in [9.17, 15) is 4.79 Å². The minimum absolute atomic E-state index is 0.212. The summed E-state index contributed by atoms with van der Waals surface area (Å²) in [5.74, 6) is -0.212. The van der Waals surface area contributed by atoms with Gasteiger partial charge in [0.15, 0.2) is 0 Å². The molecule has 2 aromatic carbocycles. The maximum atomic E-state index is 12.4. The van der Waals surface area contributed by atoms with Crippen LogP contribution in [0.3, 0.4) is 0 Å². The minimum atomic E-state index is -0.212. The molecule has 2 N–H and O–H groups in total. The van der Waals surface area contributed by atoms with Gasteiger partial charge >= 0.3 is 0 Å². The number of nitrogen functional groups attached to an aromatic ring is 1. The highest BCUT2D eigenvalue weighted by Crippen LogP contribution is 2.28. The van der Waals surface area contributed by atoms with E-state index in [1.54, 1.807) is 11.9 Å². The maximum absolute atomic E-state index is 12.4. The number of carbonyl (C=O) groups excluding carboxylic acids is 1. The quantitative estimate of drug-likeness (QED) is 0.875. The van der Waals surface area contributed by atoms with E-state index < -0.39 is 0 Å². The lowest BCUT2D eigenvalue weighted by Gasteiger charge is -2.19. The van der Waals surface area contributed by atoms with Gasteiger partial charge in [0.05, 0.1) is 16.3 Å². The number of benzene rings is 2. The molecular formula is C15H14Cl2N2O. The smallest absolute Gasteiger partial charge is 0.256 e. The van der Waals surface area contributed by atoms with E-state index in [4.69, 9.17) is 28.9 Å². The van der Waals surface area contributed by atoms with Gasteiger partial charge < -0.3 is 10.6 Å². The summed E-state index contributed by atoms with van der Waals surface area (Å²) in [7, 11) is 1.71. The SMILES string of the molecule is CN(Cc1ccccc1)C(=O)c1cc(Cl)cc(Cl)c1N. The second kappa shape index (κ2) is 6.16. The van der Waals surface area contributed by atoms with Crippen LogP contribution in [0.15, 0.2) is 42.5 Å². The van der Waals surface area contributed by atoms with E-state index in [1.807, 2.05) is 30.3 Å². The number of anilines is 1. The van der Waals surface area contributed by atoms with Crippen molar-refractivity contribution in [2.45, 2.75) is 6.54 Å². The Morgan fingerprint density at radius 3 is 2.50 bits per heavy atom. The summed E-state index contributed by atoms with van der Waals surface area (Å²) in [6, 6.07) is 12.8. The molecule has 0 aliphatic carbocycles. The van der Waals surface area contributed by atoms with Crippen molar-refractivity contribution in [3.63, 3.8) is 0 Å². The lowest BCUT2D eigenvalue weighted by atomic mass is 10.1. The number of amides is 1. The lowest BCUT2D eigenvalue weighted by Crippen LogP contribution is -2.27. The third-order valence-electron chi connectivity index (χ3n) is 2.93. The molecule has 0 bridgehead atoms. The van der Waals surface area contributed by atoms with Gasteiger partial charge in [0, 0.05) is 18.6 Å². The van der Waals surface area contributed by atoms with Gasteiger partial charge in [0.2, 0.25) is 0 Å². The van der Waals surface area contributed by atoms with Crippen LogP contribution < -0.4 is 5.73 Å². The fourth-order valence-electron chi connectivity index (χ4n) is 1.90. The fourth-order valence-corrected chi connectivity index (χ4v) is 2.39. The standard InChI is InChI=1S/C15H14Cl2N2O/c1-19(9-10-5-3-2-4-6-10)15(20)12-7-11(16)8-13(17)14(12)18/h2-8H,9,18H2,1H3. The Bertz CT molecular complexity index is 629. The van der Waals surface area contributed by atoms with Crippen molar-refractivity contribution in [3.8, 4) is 0 Å². The first-order chi connectivity index (χ1) is 9.49. The molecule has 0 unspecified atom stereocenters. The highest BCUT2D eigenvalue weighted by atomic mass is 35.5. The van der Waals surface area contributed by atoms with Gasteiger partial charge in [0.1, 0.15) is 0 Å². The lowest BCUT2D eigenvalue weighted by molar-refractivity contribution is 0.0786. The first kappa shape index (κ1) is 14.7. The third-order valence-corrected chi connectivity index (χ3v) is 3.46. The summed E-state index contributed by atoms with van der Waals surface area (Å²) in [6.45, 7) is 0.489. The first-order valence-electron chi connectivity index (χ1n) is 6.03. The van der Waals surface area contributed by atoms with Gasteiger partial charge in [-0.25, -0.2) is 0 Å².